The topological polar surface area (TPSA) is 236 Å². The van der Waals surface area contributed by atoms with Gasteiger partial charge >= 0.3 is 12.1 Å². The number of benzene rings is 2. The van der Waals surface area contributed by atoms with E-state index in [-0.39, 0.29) is 59.2 Å². The number of aliphatic hydroxyl groups excluding tert-OH is 1. The van der Waals surface area contributed by atoms with Crippen LogP contribution >= 0.6 is 11.8 Å². The molecule has 19 heteroatoms. The number of carbonyl (C=O) groups excluding carboxylic acids is 4. The number of ether oxygens (including phenoxy) is 2. The van der Waals surface area contributed by atoms with Gasteiger partial charge in [-0.3, -0.25) is 40.1 Å². The number of carbonyl (C=O) groups is 4. The molecule has 0 bridgehead atoms. The molecular weight excluding hydrogens is 751 g/mol. The molecule has 0 radical (unpaired) electrons. The number of nitro groups is 2. The van der Waals surface area contributed by atoms with Gasteiger partial charge in [0, 0.05) is 66.5 Å². The third-order valence-corrected chi connectivity index (χ3v) is 12.0. The van der Waals surface area contributed by atoms with Crippen LogP contribution in [0.5, 0.6) is 0 Å². The molecule has 7 atom stereocenters. The number of nitrogens with zero attached hydrogens (tertiary/aromatic N) is 5. The summed E-state index contributed by atoms with van der Waals surface area (Å²) in [6.07, 6.45) is -0.381. The van der Waals surface area contributed by atoms with Crippen LogP contribution in [-0.4, -0.2) is 104 Å². The molecule has 3 amide bonds. The number of hydrogen-bond donors (Lipinski definition) is 3. The summed E-state index contributed by atoms with van der Waals surface area (Å²) < 4.78 is 10.8. The smallest absolute Gasteiger partial charge is 0.412 e. The number of alkyl carbamates (subject to hydrolysis) is 1. The van der Waals surface area contributed by atoms with E-state index in [1.54, 1.807) is 13.8 Å². The Bertz CT molecular complexity index is 1940. The summed E-state index contributed by atoms with van der Waals surface area (Å²) in [6, 6.07) is 10.5. The van der Waals surface area contributed by atoms with Gasteiger partial charge < -0.3 is 29.7 Å². The molecule has 0 aliphatic carbocycles. The van der Waals surface area contributed by atoms with Gasteiger partial charge in [0.1, 0.15) is 24.7 Å². The van der Waals surface area contributed by atoms with Crippen molar-refractivity contribution in [2.45, 2.75) is 70.3 Å². The molecule has 0 aromatic heterocycles. The Morgan fingerprint density at radius 3 is 2.23 bits per heavy atom. The molecule has 3 fully saturated rings. The molecule has 56 heavy (non-hydrogen) atoms. The number of hydrogen-bond acceptors (Lipinski definition) is 14. The van der Waals surface area contributed by atoms with E-state index in [0.29, 0.717) is 54.5 Å². The lowest BCUT2D eigenvalue weighted by atomic mass is 9.79. The van der Waals surface area contributed by atoms with E-state index in [2.05, 4.69) is 15.6 Å². The first-order chi connectivity index (χ1) is 26.7. The third kappa shape index (κ3) is 8.84. The van der Waals surface area contributed by atoms with E-state index in [0.717, 1.165) is 6.42 Å². The molecule has 3 saturated heterocycles. The second-order valence-corrected chi connectivity index (χ2v) is 15.7. The maximum Gasteiger partial charge on any atom is 0.412 e. The van der Waals surface area contributed by atoms with Crippen molar-refractivity contribution >= 4 is 52.8 Å². The Balaban J connectivity index is 1.00. The summed E-state index contributed by atoms with van der Waals surface area (Å²) in [7, 11) is 0. The summed E-state index contributed by atoms with van der Waals surface area (Å²) in [5.74, 6) is -1.56. The standard InChI is InChI=1S/C37H43N7O11S/c1-20-31-30(21(2)45)35(47)42(31)32(36(48)54-18-23-4-8-26(9-5-23)43(50)51)33(20)56-28-14-29(39-16-28)34(46)41-13-12-25(17-41)15-38-22(3)40-37(49)55-19-24-6-10-27(11-7-24)44(52)53/h4-11,20-21,25,28-31,39,45H,12-19H2,1-3H3,(H,38,40,49)/t20-,21-,25-,28+,29+,30-,31-/m1/s1. The van der Waals surface area contributed by atoms with Gasteiger partial charge in [0.2, 0.25) is 11.8 Å². The van der Waals surface area contributed by atoms with Gasteiger partial charge in [-0.05, 0) is 68.0 Å². The minimum atomic E-state index is -0.906. The molecule has 4 heterocycles. The molecule has 6 rings (SSSR count). The lowest BCUT2D eigenvalue weighted by Gasteiger charge is -2.46. The van der Waals surface area contributed by atoms with Crippen molar-refractivity contribution in [3.05, 3.63) is 90.5 Å². The van der Waals surface area contributed by atoms with Crippen LogP contribution in [0.25, 0.3) is 0 Å². The maximum atomic E-state index is 13.6. The van der Waals surface area contributed by atoms with Crippen LogP contribution in [-0.2, 0) is 37.1 Å². The molecule has 3 N–H and O–H groups in total. The van der Waals surface area contributed by atoms with Gasteiger partial charge in [-0.25, -0.2) is 9.59 Å². The number of β-lactam (4-membered cyclic amide) rings is 1. The molecule has 4 aliphatic rings. The molecular formula is C37H43N7O11S. The monoisotopic (exact) mass is 793 g/mol. The second-order valence-electron chi connectivity index (χ2n) is 14.4. The first kappa shape index (κ1) is 40.3. The van der Waals surface area contributed by atoms with Crippen LogP contribution in [0.15, 0.2) is 64.1 Å². The number of amidine groups is 1. The quantitative estimate of drug-likeness (QED) is 0.0660. The van der Waals surface area contributed by atoms with E-state index >= 15 is 0 Å². The Kier molecular flexibility index (Phi) is 12.3. The van der Waals surface area contributed by atoms with E-state index in [9.17, 15) is 44.5 Å². The largest absolute Gasteiger partial charge is 0.456 e. The fraction of sp³-hybridized carbons (Fsp3) is 0.486. The molecule has 18 nitrogen and oxygen atoms in total. The summed E-state index contributed by atoms with van der Waals surface area (Å²) in [5.41, 5.74) is 1.12. The molecule has 0 unspecified atom stereocenters. The average Bonchev–Trinajstić information content (AvgIpc) is 3.90. The van der Waals surface area contributed by atoms with Crippen molar-refractivity contribution < 1.29 is 43.6 Å². The van der Waals surface area contributed by atoms with Crippen molar-refractivity contribution in [2.75, 3.05) is 26.2 Å². The zero-order valence-electron chi connectivity index (χ0n) is 31.0. The predicted molar refractivity (Wildman–Crippen MR) is 202 cm³/mol. The summed E-state index contributed by atoms with van der Waals surface area (Å²) in [4.78, 5) is 81.8. The molecule has 4 aliphatic heterocycles. The highest BCUT2D eigenvalue weighted by atomic mass is 32.2. The predicted octanol–water partition coefficient (Wildman–Crippen LogP) is 3.27. The first-order valence-corrected chi connectivity index (χ1v) is 19.1. The number of fused-ring (bicyclic) bond motifs is 1. The maximum absolute atomic E-state index is 13.6. The Morgan fingerprint density at radius 2 is 1.64 bits per heavy atom. The fourth-order valence-electron chi connectivity index (χ4n) is 7.52. The van der Waals surface area contributed by atoms with E-state index in [4.69, 9.17) is 9.47 Å². The van der Waals surface area contributed by atoms with E-state index < -0.39 is 46.0 Å². The highest BCUT2D eigenvalue weighted by Gasteiger charge is 2.60. The van der Waals surface area contributed by atoms with Gasteiger partial charge in [-0.1, -0.05) is 6.92 Å². The second kappa shape index (κ2) is 17.2. The van der Waals surface area contributed by atoms with Crippen LogP contribution in [0.2, 0.25) is 0 Å². The van der Waals surface area contributed by atoms with Crippen LogP contribution in [0.3, 0.4) is 0 Å². The van der Waals surface area contributed by atoms with E-state index in [1.807, 2.05) is 11.8 Å². The number of amides is 3. The molecule has 0 spiro atoms. The Labute approximate surface area is 326 Å². The minimum absolute atomic E-state index is 0.0337. The van der Waals surface area contributed by atoms with Gasteiger partial charge in [0.15, 0.2) is 0 Å². The first-order valence-electron chi connectivity index (χ1n) is 18.2. The molecule has 0 saturated carbocycles. The molecule has 2 aromatic rings. The fourth-order valence-corrected chi connectivity index (χ4v) is 8.99. The zero-order chi connectivity index (χ0) is 40.3. The van der Waals surface area contributed by atoms with Crippen molar-refractivity contribution in [2.24, 2.45) is 22.7 Å². The number of non-ortho nitro benzene ring substituents is 2. The van der Waals surface area contributed by atoms with Crippen LogP contribution in [0.4, 0.5) is 16.2 Å². The Morgan fingerprint density at radius 1 is 1.04 bits per heavy atom. The number of nitro benzene ring substituents is 2. The van der Waals surface area contributed by atoms with Crippen LogP contribution in [0.1, 0.15) is 44.7 Å². The van der Waals surface area contributed by atoms with Crippen molar-refractivity contribution in [3.63, 3.8) is 0 Å². The van der Waals surface area contributed by atoms with Gasteiger partial charge in [-0.2, -0.15) is 0 Å². The Hall–Kier alpha value is -5.40. The lowest BCUT2D eigenvalue weighted by molar-refractivity contribution is -0.385. The lowest BCUT2D eigenvalue weighted by Crippen LogP contribution is -2.63. The van der Waals surface area contributed by atoms with Crippen molar-refractivity contribution in [1.29, 1.82) is 0 Å². The SMILES string of the molecule is CC(=NC[C@H]1CCN(C(=O)[C@@H]2C[C@H](SC3=C(C(=O)OCc4ccc([N+](=O)[O-])cc4)N4C(=O)[C@H]([C@@H](C)O)[C@H]4[C@H]3C)CN2)C1)NC(=O)OCc1ccc([N+](=O)[O-])cc1. The van der Waals surface area contributed by atoms with Gasteiger partial charge in [-0.15, -0.1) is 11.8 Å². The van der Waals surface area contributed by atoms with Crippen molar-refractivity contribution in [1.82, 2.24) is 20.4 Å². The minimum Gasteiger partial charge on any atom is -0.456 e. The van der Waals surface area contributed by atoms with Gasteiger partial charge in [0.05, 0.1) is 34.0 Å². The number of nitrogens with one attached hydrogen (secondary N) is 2. The summed E-state index contributed by atoms with van der Waals surface area (Å²) in [5, 5.41) is 38.0. The summed E-state index contributed by atoms with van der Waals surface area (Å²) in [6.45, 7) is 6.84. The highest BCUT2D eigenvalue weighted by molar-refractivity contribution is 8.03. The van der Waals surface area contributed by atoms with Crippen LogP contribution in [0, 0.1) is 38.0 Å². The number of aliphatic hydroxyl groups is 1. The zero-order valence-corrected chi connectivity index (χ0v) is 31.8. The number of rotatable bonds is 13. The van der Waals surface area contributed by atoms with Crippen molar-refractivity contribution in [3.8, 4) is 0 Å². The van der Waals surface area contributed by atoms with Crippen LogP contribution < -0.4 is 10.6 Å². The van der Waals surface area contributed by atoms with E-state index in [1.165, 1.54) is 65.2 Å². The molecule has 298 valence electrons. The molecule has 2 aromatic carbocycles. The summed E-state index contributed by atoms with van der Waals surface area (Å²) >= 11 is 1.44. The normalized spacial score (nSPS) is 25.1. The third-order valence-electron chi connectivity index (χ3n) is 10.5. The highest BCUT2D eigenvalue weighted by Crippen LogP contribution is 2.52. The number of likely N-dealkylation sites (tertiary alicyclic amines) is 1. The average molecular weight is 794 g/mol. The number of thioether (sulfide) groups is 1. The number of esters is 1. The van der Waals surface area contributed by atoms with Gasteiger partial charge in [0.25, 0.3) is 11.4 Å². The number of aliphatic imine (C=N–C) groups is 1.